The van der Waals surface area contributed by atoms with Gasteiger partial charge in [-0.1, -0.05) is 6.58 Å². The molecule has 0 spiro atoms. The van der Waals surface area contributed by atoms with Crippen LogP contribution in [0.4, 0.5) is 17.3 Å². The monoisotopic (exact) mass is 501 g/mol. The molecule has 0 atom stereocenters. The summed E-state index contributed by atoms with van der Waals surface area (Å²) in [5.74, 6) is 2.51. The van der Waals surface area contributed by atoms with Gasteiger partial charge in [0.05, 0.1) is 30.0 Å². The van der Waals surface area contributed by atoms with Crippen molar-refractivity contribution in [3.05, 3.63) is 47.8 Å². The lowest BCUT2D eigenvalue weighted by molar-refractivity contribution is -0.133. The third kappa shape index (κ3) is 4.49. The van der Waals surface area contributed by atoms with Crippen molar-refractivity contribution in [1.29, 1.82) is 5.26 Å². The van der Waals surface area contributed by atoms with Crippen molar-refractivity contribution >= 4 is 23.2 Å². The molecule has 10 nitrogen and oxygen atoms in total. The molecule has 4 aliphatic rings. The van der Waals surface area contributed by atoms with Crippen LogP contribution in [0.15, 0.2) is 31.1 Å². The van der Waals surface area contributed by atoms with E-state index >= 15 is 0 Å². The van der Waals surface area contributed by atoms with Crippen molar-refractivity contribution in [2.24, 2.45) is 0 Å². The number of fused-ring (bicyclic) bond motifs is 2. The number of anilines is 3. The van der Waals surface area contributed by atoms with E-state index in [-0.39, 0.29) is 5.91 Å². The first-order valence-electron chi connectivity index (χ1n) is 12.9. The molecule has 0 unspecified atom stereocenters. The summed E-state index contributed by atoms with van der Waals surface area (Å²) in [4.78, 5) is 27.4. The second kappa shape index (κ2) is 10.00. The van der Waals surface area contributed by atoms with Gasteiger partial charge >= 0.3 is 0 Å². The van der Waals surface area contributed by atoms with Gasteiger partial charge in [0, 0.05) is 32.2 Å². The lowest BCUT2D eigenvalue weighted by Gasteiger charge is -2.47. The fourth-order valence-electron chi connectivity index (χ4n) is 5.77. The summed E-state index contributed by atoms with van der Waals surface area (Å²) < 4.78 is 11.7. The molecule has 192 valence electrons. The third-order valence-electron chi connectivity index (χ3n) is 7.94. The highest BCUT2D eigenvalue weighted by molar-refractivity contribution is 5.87. The summed E-state index contributed by atoms with van der Waals surface area (Å²) >= 11 is 0. The minimum Gasteiger partial charge on any atom is -0.485 e. The van der Waals surface area contributed by atoms with Crippen LogP contribution in [-0.4, -0.2) is 84.2 Å². The maximum Gasteiger partial charge on any atom is 0.246 e. The van der Waals surface area contributed by atoms with Gasteiger partial charge in [0.25, 0.3) is 0 Å². The van der Waals surface area contributed by atoms with E-state index in [1.165, 1.54) is 6.08 Å². The highest BCUT2D eigenvalue weighted by Crippen LogP contribution is 2.41. The molecule has 37 heavy (non-hydrogen) atoms. The highest BCUT2D eigenvalue weighted by atomic mass is 16.5. The molecule has 1 amide bonds. The zero-order valence-corrected chi connectivity index (χ0v) is 20.9. The summed E-state index contributed by atoms with van der Waals surface area (Å²) in [5.41, 5.74) is 3.35. The van der Waals surface area contributed by atoms with Gasteiger partial charge in [0.15, 0.2) is 5.75 Å². The van der Waals surface area contributed by atoms with Gasteiger partial charge < -0.3 is 24.6 Å². The predicted molar refractivity (Wildman–Crippen MR) is 138 cm³/mol. The van der Waals surface area contributed by atoms with E-state index in [9.17, 15) is 10.1 Å². The van der Waals surface area contributed by atoms with E-state index in [1.54, 1.807) is 6.33 Å². The second-order valence-electron chi connectivity index (χ2n) is 10.0. The van der Waals surface area contributed by atoms with Crippen LogP contribution in [0, 0.1) is 11.3 Å². The lowest BCUT2D eigenvalue weighted by atomic mass is 9.87. The summed E-state index contributed by atoms with van der Waals surface area (Å²) in [6, 6.07) is 6.88. The number of nitriles is 1. The molecule has 6 rings (SSSR count). The van der Waals surface area contributed by atoms with Crippen LogP contribution in [-0.2, 0) is 16.1 Å². The molecule has 10 heteroatoms. The molecular formula is C27H31N7O3. The first-order chi connectivity index (χ1) is 18.1. The van der Waals surface area contributed by atoms with Crippen molar-refractivity contribution in [2.45, 2.75) is 31.4 Å². The van der Waals surface area contributed by atoms with Crippen molar-refractivity contribution in [3.63, 3.8) is 0 Å². The lowest BCUT2D eigenvalue weighted by Crippen LogP contribution is -2.61. The van der Waals surface area contributed by atoms with Crippen LogP contribution >= 0.6 is 0 Å². The average molecular weight is 502 g/mol. The third-order valence-corrected chi connectivity index (χ3v) is 7.94. The van der Waals surface area contributed by atoms with Crippen LogP contribution in [0.5, 0.6) is 5.75 Å². The number of morpholine rings is 1. The molecule has 3 saturated heterocycles. The Morgan fingerprint density at radius 2 is 1.95 bits per heavy atom. The Labute approximate surface area is 216 Å². The number of carbonyl (C=O) groups excluding carboxylic acids is 1. The van der Waals surface area contributed by atoms with Crippen LogP contribution < -0.4 is 15.0 Å². The van der Waals surface area contributed by atoms with Gasteiger partial charge in [-0.3, -0.25) is 9.69 Å². The molecule has 1 N–H and O–H groups in total. The van der Waals surface area contributed by atoms with Crippen LogP contribution in [0.25, 0.3) is 0 Å². The Balaban J connectivity index is 1.19. The molecule has 3 fully saturated rings. The standard InChI is InChI=1S/C27H31N7O3/c1-2-24(35)34-14-21(15-34)32-5-3-18(4-6-32)19-11-20(13-28)25-23(12-19)31-26-22(16-37-25)27(30-17-29-26)33-7-9-36-10-8-33/h2,11-12,17-18,21H,1,3-10,14-16H2,(H,29,30,31). The van der Waals surface area contributed by atoms with Crippen molar-refractivity contribution in [2.75, 3.05) is 62.7 Å². The Hall–Kier alpha value is -3.68. The van der Waals surface area contributed by atoms with Gasteiger partial charge in [0.2, 0.25) is 5.91 Å². The smallest absolute Gasteiger partial charge is 0.246 e. The summed E-state index contributed by atoms with van der Waals surface area (Å²) in [6.45, 7) is 10.3. The van der Waals surface area contributed by atoms with Gasteiger partial charge in [0.1, 0.15) is 30.6 Å². The zero-order valence-electron chi connectivity index (χ0n) is 20.9. The molecule has 5 heterocycles. The molecule has 1 aromatic carbocycles. The number of benzene rings is 1. The minimum absolute atomic E-state index is 0.0128. The van der Waals surface area contributed by atoms with E-state index in [0.29, 0.717) is 43.1 Å². The molecule has 2 aromatic rings. The van der Waals surface area contributed by atoms with E-state index in [4.69, 9.17) is 9.47 Å². The second-order valence-corrected chi connectivity index (χ2v) is 10.0. The molecule has 4 aliphatic heterocycles. The SMILES string of the molecule is C=CC(=O)N1CC(N2CCC(c3cc(C#N)c4c(c3)Nc3ncnc(N5CCOCC5)c3CO4)CC2)C1. The van der Waals surface area contributed by atoms with Gasteiger partial charge in [-0.05, 0) is 55.6 Å². The highest BCUT2D eigenvalue weighted by Gasteiger charge is 2.36. The van der Waals surface area contributed by atoms with Crippen molar-refractivity contribution in [1.82, 2.24) is 19.8 Å². The molecule has 0 bridgehead atoms. The summed E-state index contributed by atoms with van der Waals surface area (Å²) in [5, 5.41) is 13.4. The van der Waals surface area contributed by atoms with Gasteiger partial charge in [-0.2, -0.15) is 5.26 Å². The van der Waals surface area contributed by atoms with E-state index in [1.807, 2.05) is 11.0 Å². The quantitative estimate of drug-likeness (QED) is 0.632. The first-order valence-corrected chi connectivity index (χ1v) is 12.9. The van der Waals surface area contributed by atoms with Crippen molar-refractivity contribution < 1.29 is 14.3 Å². The number of piperidine rings is 1. The number of hydrogen-bond acceptors (Lipinski definition) is 9. The van der Waals surface area contributed by atoms with Crippen LogP contribution in [0.1, 0.15) is 35.4 Å². The fourth-order valence-corrected chi connectivity index (χ4v) is 5.77. The van der Waals surface area contributed by atoms with Crippen LogP contribution in [0.2, 0.25) is 0 Å². The number of amides is 1. The van der Waals surface area contributed by atoms with Gasteiger partial charge in [-0.15, -0.1) is 0 Å². The van der Waals surface area contributed by atoms with Gasteiger partial charge in [-0.25, -0.2) is 9.97 Å². The maximum absolute atomic E-state index is 11.8. The fraction of sp³-hybridized carbons (Fsp3) is 0.481. The number of aromatic nitrogens is 2. The number of nitrogens with one attached hydrogen (secondary N) is 1. The van der Waals surface area contributed by atoms with E-state index in [0.717, 1.165) is 80.6 Å². The average Bonchev–Trinajstić information content (AvgIpc) is 3.11. The Kier molecular flexibility index (Phi) is 6.40. The van der Waals surface area contributed by atoms with E-state index < -0.39 is 0 Å². The summed E-state index contributed by atoms with van der Waals surface area (Å²) in [6.07, 6.45) is 4.99. The largest absolute Gasteiger partial charge is 0.485 e. The number of rotatable bonds is 4. The maximum atomic E-state index is 11.8. The Morgan fingerprint density at radius 1 is 1.16 bits per heavy atom. The number of hydrogen-bond donors (Lipinski definition) is 1. The molecule has 0 radical (unpaired) electrons. The molecule has 0 saturated carbocycles. The molecule has 0 aliphatic carbocycles. The number of nitrogens with zero attached hydrogens (tertiary/aromatic N) is 6. The topological polar surface area (TPSA) is 107 Å². The Morgan fingerprint density at radius 3 is 2.68 bits per heavy atom. The molecule has 1 aromatic heterocycles. The van der Waals surface area contributed by atoms with E-state index in [2.05, 4.69) is 43.8 Å². The minimum atomic E-state index is 0.0128. The number of carbonyl (C=O) groups is 1. The van der Waals surface area contributed by atoms with Crippen LogP contribution in [0.3, 0.4) is 0 Å². The van der Waals surface area contributed by atoms with Crippen molar-refractivity contribution in [3.8, 4) is 11.8 Å². The zero-order chi connectivity index (χ0) is 25.4. The predicted octanol–water partition coefficient (Wildman–Crippen LogP) is 2.40. The Bertz CT molecular complexity index is 1240. The first kappa shape index (κ1) is 23.7. The number of ether oxygens (including phenoxy) is 2. The molecular weight excluding hydrogens is 470 g/mol. The summed E-state index contributed by atoms with van der Waals surface area (Å²) in [7, 11) is 0. The normalized spacial score (nSPS) is 20.4. The number of likely N-dealkylation sites (tertiary alicyclic amines) is 2.